The van der Waals surface area contributed by atoms with Crippen LogP contribution in [0.15, 0.2) is 71.2 Å². The van der Waals surface area contributed by atoms with E-state index < -0.39 is 0 Å². The van der Waals surface area contributed by atoms with Gasteiger partial charge < -0.3 is 10.3 Å². The maximum atomic E-state index is 12.4. The van der Waals surface area contributed by atoms with Gasteiger partial charge in [0.1, 0.15) is 5.82 Å². The first-order valence-corrected chi connectivity index (χ1v) is 10.2. The quantitative estimate of drug-likeness (QED) is 0.322. The Balaban J connectivity index is 1.43. The van der Waals surface area contributed by atoms with Crippen molar-refractivity contribution in [3.8, 4) is 11.4 Å². The Morgan fingerprint density at radius 1 is 1.07 bits per heavy atom. The van der Waals surface area contributed by atoms with Gasteiger partial charge in [0.05, 0.1) is 21.6 Å². The number of para-hydroxylation sites is 2. The van der Waals surface area contributed by atoms with Crippen molar-refractivity contribution in [2.75, 3.05) is 5.32 Å². The number of imidazole rings is 1. The zero-order chi connectivity index (χ0) is 20.4. The van der Waals surface area contributed by atoms with E-state index in [1.807, 2.05) is 48.5 Å². The van der Waals surface area contributed by atoms with Gasteiger partial charge in [0.25, 0.3) is 5.91 Å². The summed E-state index contributed by atoms with van der Waals surface area (Å²) in [7, 11) is 0. The van der Waals surface area contributed by atoms with E-state index in [0.29, 0.717) is 10.6 Å². The van der Waals surface area contributed by atoms with E-state index in [1.54, 1.807) is 18.2 Å². The fourth-order valence-electron chi connectivity index (χ4n) is 2.81. The summed E-state index contributed by atoms with van der Waals surface area (Å²) in [6.45, 7) is 0. The number of benzene rings is 3. The van der Waals surface area contributed by atoms with Gasteiger partial charge >= 0.3 is 0 Å². The number of rotatable bonds is 3. The molecule has 29 heavy (non-hydrogen) atoms. The van der Waals surface area contributed by atoms with Crippen LogP contribution in [0.1, 0.15) is 10.4 Å². The highest BCUT2D eigenvalue weighted by molar-refractivity contribution is 9.10. The number of carbonyl (C=O) groups excluding carboxylic acids is 1. The minimum absolute atomic E-state index is 0.183. The SMILES string of the molecule is O=C(NC(=S)Nc1ccc(-c2nc3ccccc3[nH]2)cc1)c1cc(Br)ccc1Cl. The van der Waals surface area contributed by atoms with E-state index in [-0.39, 0.29) is 11.0 Å². The molecule has 0 aliphatic carbocycles. The molecule has 1 amide bonds. The van der Waals surface area contributed by atoms with Crippen LogP contribution in [0.25, 0.3) is 22.4 Å². The Morgan fingerprint density at radius 2 is 1.83 bits per heavy atom. The number of halogens is 2. The predicted octanol–water partition coefficient (Wildman–Crippen LogP) is 5.77. The first-order valence-electron chi connectivity index (χ1n) is 8.62. The van der Waals surface area contributed by atoms with Crippen LogP contribution in [0.4, 0.5) is 5.69 Å². The fraction of sp³-hybridized carbons (Fsp3) is 0. The monoisotopic (exact) mass is 484 g/mol. The minimum Gasteiger partial charge on any atom is -0.338 e. The van der Waals surface area contributed by atoms with Crippen LogP contribution >= 0.6 is 39.7 Å². The third kappa shape index (κ3) is 4.48. The highest BCUT2D eigenvalue weighted by Crippen LogP contribution is 2.23. The van der Waals surface area contributed by atoms with Crippen LogP contribution in [0.5, 0.6) is 0 Å². The molecule has 0 atom stereocenters. The number of hydrogen-bond donors (Lipinski definition) is 3. The topological polar surface area (TPSA) is 69.8 Å². The van der Waals surface area contributed by atoms with Gasteiger partial charge in [0.15, 0.2) is 5.11 Å². The fourth-order valence-corrected chi connectivity index (χ4v) is 3.58. The molecule has 0 aliphatic rings. The summed E-state index contributed by atoms with van der Waals surface area (Å²) in [6, 6.07) is 20.5. The summed E-state index contributed by atoms with van der Waals surface area (Å²) in [6.07, 6.45) is 0. The Kier molecular flexibility index (Phi) is 5.62. The maximum Gasteiger partial charge on any atom is 0.258 e. The molecule has 8 heteroatoms. The number of nitrogens with one attached hydrogen (secondary N) is 3. The number of anilines is 1. The molecule has 5 nitrogen and oxygen atoms in total. The number of thiocarbonyl (C=S) groups is 1. The van der Waals surface area contributed by atoms with Crippen LogP contribution in [0.2, 0.25) is 5.02 Å². The number of aromatic nitrogens is 2. The van der Waals surface area contributed by atoms with E-state index in [2.05, 4.69) is 36.5 Å². The smallest absolute Gasteiger partial charge is 0.258 e. The molecule has 1 aromatic heterocycles. The lowest BCUT2D eigenvalue weighted by Crippen LogP contribution is -2.34. The van der Waals surface area contributed by atoms with Crippen molar-refractivity contribution in [3.05, 3.63) is 81.8 Å². The lowest BCUT2D eigenvalue weighted by atomic mass is 10.2. The molecule has 0 fully saturated rings. The first-order chi connectivity index (χ1) is 14.0. The predicted molar refractivity (Wildman–Crippen MR) is 124 cm³/mol. The third-order valence-corrected chi connectivity index (χ3v) is 5.23. The molecule has 0 aliphatic heterocycles. The van der Waals surface area contributed by atoms with Gasteiger partial charge in [-0.15, -0.1) is 0 Å². The molecule has 3 aromatic carbocycles. The van der Waals surface area contributed by atoms with Crippen molar-refractivity contribution in [1.29, 1.82) is 0 Å². The molecule has 0 unspecified atom stereocenters. The second-order valence-corrected chi connectivity index (χ2v) is 7.94. The van der Waals surface area contributed by atoms with Gasteiger partial charge in [-0.05, 0) is 66.8 Å². The van der Waals surface area contributed by atoms with E-state index in [9.17, 15) is 4.79 Å². The third-order valence-electron chi connectivity index (χ3n) is 4.21. The first kappa shape index (κ1) is 19.6. The molecule has 4 rings (SSSR count). The Labute approximate surface area is 185 Å². The van der Waals surface area contributed by atoms with Crippen molar-refractivity contribution in [1.82, 2.24) is 15.3 Å². The normalized spacial score (nSPS) is 10.7. The maximum absolute atomic E-state index is 12.4. The summed E-state index contributed by atoms with van der Waals surface area (Å²) in [5.74, 6) is 0.408. The molecule has 0 bridgehead atoms. The number of aromatic amines is 1. The van der Waals surface area contributed by atoms with Crippen LogP contribution in [-0.4, -0.2) is 21.0 Å². The molecule has 144 valence electrons. The van der Waals surface area contributed by atoms with Crippen LogP contribution in [-0.2, 0) is 0 Å². The van der Waals surface area contributed by atoms with Gasteiger partial charge in [-0.1, -0.05) is 39.7 Å². The van der Waals surface area contributed by atoms with Gasteiger partial charge in [-0.2, -0.15) is 0 Å². The number of amides is 1. The summed E-state index contributed by atoms with van der Waals surface area (Å²) in [5.41, 5.74) is 3.93. The Bertz CT molecular complexity index is 1190. The molecule has 0 radical (unpaired) electrons. The molecule has 0 spiro atoms. The molecular weight excluding hydrogens is 472 g/mol. The van der Waals surface area contributed by atoms with E-state index in [1.165, 1.54) is 0 Å². The van der Waals surface area contributed by atoms with Crippen molar-refractivity contribution in [2.45, 2.75) is 0 Å². The summed E-state index contributed by atoms with van der Waals surface area (Å²) in [5, 5.41) is 6.16. The number of nitrogens with zero attached hydrogens (tertiary/aromatic N) is 1. The average Bonchev–Trinajstić information content (AvgIpc) is 3.14. The standard InChI is InChI=1S/C21H14BrClN4OS/c22-13-7-10-16(23)15(11-13)20(28)27-21(29)24-14-8-5-12(6-9-14)19-25-17-3-1-2-4-18(17)26-19/h1-11H,(H,25,26)(H2,24,27,28,29). The zero-order valence-electron chi connectivity index (χ0n) is 14.9. The highest BCUT2D eigenvalue weighted by Gasteiger charge is 2.13. The van der Waals surface area contributed by atoms with E-state index in [0.717, 1.165) is 32.6 Å². The lowest BCUT2D eigenvalue weighted by molar-refractivity contribution is 0.0978. The molecule has 3 N–H and O–H groups in total. The van der Waals surface area contributed by atoms with Crippen molar-refractivity contribution in [3.63, 3.8) is 0 Å². The molecular formula is C21H14BrClN4OS. The van der Waals surface area contributed by atoms with Gasteiger partial charge in [-0.25, -0.2) is 4.98 Å². The van der Waals surface area contributed by atoms with Crippen LogP contribution in [0, 0.1) is 0 Å². The number of carbonyl (C=O) groups is 1. The van der Waals surface area contributed by atoms with Crippen molar-refractivity contribution < 1.29 is 4.79 Å². The molecule has 0 saturated heterocycles. The average molecular weight is 486 g/mol. The summed E-state index contributed by atoms with van der Waals surface area (Å²) in [4.78, 5) is 20.3. The Morgan fingerprint density at radius 3 is 2.59 bits per heavy atom. The molecule has 1 heterocycles. The van der Waals surface area contributed by atoms with Crippen LogP contribution < -0.4 is 10.6 Å². The Hall–Kier alpha value is -2.74. The van der Waals surface area contributed by atoms with Gasteiger partial charge in [-0.3, -0.25) is 10.1 Å². The number of H-pyrrole nitrogens is 1. The van der Waals surface area contributed by atoms with Gasteiger partial charge in [0.2, 0.25) is 0 Å². The molecule has 4 aromatic rings. The number of hydrogen-bond acceptors (Lipinski definition) is 3. The largest absolute Gasteiger partial charge is 0.338 e. The minimum atomic E-state index is -0.382. The van der Waals surface area contributed by atoms with Gasteiger partial charge in [0, 0.05) is 15.7 Å². The van der Waals surface area contributed by atoms with Crippen molar-refractivity contribution >= 4 is 67.5 Å². The number of fused-ring (bicyclic) bond motifs is 1. The molecule has 0 saturated carbocycles. The van der Waals surface area contributed by atoms with E-state index >= 15 is 0 Å². The summed E-state index contributed by atoms with van der Waals surface area (Å²) < 4.78 is 0.757. The zero-order valence-corrected chi connectivity index (χ0v) is 18.0. The van der Waals surface area contributed by atoms with E-state index in [4.69, 9.17) is 23.8 Å². The van der Waals surface area contributed by atoms with Crippen molar-refractivity contribution in [2.24, 2.45) is 0 Å². The second kappa shape index (κ2) is 8.32. The summed E-state index contributed by atoms with van der Waals surface area (Å²) >= 11 is 14.7. The lowest BCUT2D eigenvalue weighted by Gasteiger charge is -2.11. The van der Waals surface area contributed by atoms with Crippen LogP contribution in [0.3, 0.4) is 0 Å². The highest BCUT2D eigenvalue weighted by atomic mass is 79.9. The second-order valence-electron chi connectivity index (χ2n) is 6.21.